The zero-order valence-corrected chi connectivity index (χ0v) is 8.59. The molecule has 1 aromatic rings. The van der Waals surface area contributed by atoms with E-state index in [1.807, 2.05) is 34.6 Å². The van der Waals surface area contributed by atoms with Crippen LogP contribution in [0.3, 0.4) is 0 Å². The van der Waals surface area contributed by atoms with Gasteiger partial charge in [0.05, 0.1) is 0 Å². The molecule has 3 heteroatoms. The summed E-state index contributed by atoms with van der Waals surface area (Å²) in [6.07, 6.45) is 0.843. The first-order valence-electron chi connectivity index (χ1n) is 4.56. The van der Waals surface area contributed by atoms with Crippen LogP contribution in [0.5, 0.6) is 0 Å². The lowest BCUT2D eigenvalue weighted by Gasteiger charge is -1.91. The van der Waals surface area contributed by atoms with E-state index in [-0.39, 0.29) is 0 Å². The maximum absolute atomic E-state index is 4.96. The van der Waals surface area contributed by atoms with Gasteiger partial charge < -0.3 is 4.52 Å². The fraction of sp³-hybridized carbons (Fsp3) is 0.778. The third-order valence-electron chi connectivity index (χ3n) is 1.29. The molecule has 1 rings (SSSR count). The molecule has 0 spiro atoms. The molecule has 0 aliphatic heterocycles. The summed E-state index contributed by atoms with van der Waals surface area (Å²) in [5, 5.41) is 3.77. The lowest BCUT2D eigenvalue weighted by atomic mass is 10.2. The Labute approximate surface area is 74.2 Å². The second kappa shape index (κ2) is 5.75. The predicted octanol–water partition coefficient (Wildman–Crippen LogP) is 2.78. The van der Waals surface area contributed by atoms with Crippen molar-refractivity contribution in [2.45, 2.75) is 47.0 Å². The average Bonchev–Trinajstić information content (AvgIpc) is 2.55. The summed E-state index contributed by atoms with van der Waals surface area (Å²) in [7, 11) is 0. The number of hydrogen-bond acceptors (Lipinski definition) is 3. The molecule has 1 aromatic heterocycles. The number of rotatable bonds is 2. The van der Waals surface area contributed by atoms with Crippen LogP contribution in [0.4, 0.5) is 0 Å². The Morgan fingerprint density at radius 3 is 2.17 bits per heavy atom. The van der Waals surface area contributed by atoms with E-state index in [4.69, 9.17) is 4.52 Å². The summed E-state index contributed by atoms with van der Waals surface area (Å²) in [6, 6.07) is 0. The molecule has 12 heavy (non-hydrogen) atoms. The summed E-state index contributed by atoms with van der Waals surface area (Å²) in [5.74, 6) is 1.87. The first-order chi connectivity index (χ1) is 5.74. The van der Waals surface area contributed by atoms with Crippen molar-refractivity contribution >= 4 is 0 Å². The van der Waals surface area contributed by atoms with Gasteiger partial charge in [0.15, 0.2) is 5.82 Å². The summed E-state index contributed by atoms with van der Waals surface area (Å²) in [6.45, 7) is 10.1. The van der Waals surface area contributed by atoms with E-state index in [1.54, 1.807) is 0 Å². The Hall–Kier alpha value is -0.860. The van der Waals surface area contributed by atoms with Crippen molar-refractivity contribution < 1.29 is 4.52 Å². The highest BCUT2D eigenvalue weighted by Crippen LogP contribution is 2.10. The van der Waals surface area contributed by atoms with Crippen LogP contribution in [0, 0.1) is 0 Å². The lowest BCUT2D eigenvalue weighted by molar-refractivity contribution is 0.361. The van der Waals surface area contributed by atoms with Crippen molar-refractivity contribution in [1.82, 2.24) is 10.1 Å². The molecule has 0 aromatic carbocycles. The highest BCUT2D eigenvalue weighted by atomic mass is 16.5. The SMILES string of the molecule is CC.CCc1noc(C(C)C)n1. The van der Waals surface area contributed by atoms with Gasteiger partial charge in [-0.2, -0.15) is 4.98 Å². The van der Waals surface area contributed by atoms with E-state index in [1.165, 1.54) is 0 Å². The zero-order valence-electron chi connectivity index (χ0n) is 8.59. The van der Waals surface area contributed by atoms with Crippen molar-refractivity contribution in [2.24, 2.45) is 0 Å². The van der Waals surface area contributed by atoms with Gasteiger partial charge in [-0.15, -0.1) is 0 Å². The Morgan fingerprint density at radius 2 is 1.92 bits per heavy atom. The fourth-order valence-corrected chi connectivity index (χ4v) is 0.646. The lowest BCUT2D eigenvalue weighted by Crippen LogP contribution is -1.87. The fourth-order valence-electron chi connectivity index (χ4n) is 0.646. The Balaban J connectivity index is 0.000000561. The van der Waals surface area contributed by atoms with Crippen molar-refractivity contribution in [1.29, 1.82) is 0 Å². The van der Waals surface area contributed by atoms with E-state index in [0.29, 0.717) is 5.92 Å². The van der Waals surface area contributed by atoms with Crippen LogP contribution in [0.15, 0.2) is 4.52 Å². The number of hydrogen-bond donors (Lipinski definition) is 0. The maximum Gasteiger partial charge on any atom is 0.229 e. The molecule has 70 valence electrons. The minimum Gasteiger partial charge on any atom is -0.339 e. The molecule has 0 saturated heterocycles. The molecule has 0 aliphatic carbocycles. The van der Waals surface area contributed by atoms with Gasteiger partial charge in [0.25, 0.3) is 0 Å². The molecule has 0 amide bonds. The second-order valence-corrected chi connectivity index (χ2v) is 2.56. The van der Waals surface area contributed by atoms with Gasteiger partial charge >= 0.3 is 0 Å². The molecule has 0 fully saturated rings. The van der Waals surface area contributed by atoms with Crippen LogP contribution in [-0.4, -0.2) is 10.1 Å². The second-order valence-electron chi connectivity index (χ2n) is 2.56. The molecule has 3 nitrogen and oxygen atoms in total. The molecule has 0 radical (unpaired) electrons. The van der Waals surface area contributed by atoms with Gasteiger partial charge in [0, 0.05) is 12.3 Å². The van der Waals surface area contributed by atoms with Gasteiger partial charge in [-0.05, 0) is 0 Å². The van der Waals surface area contributed by atoms with Crippen molar-refractivity contribution in [3.8, 4) is 0 Å². The van der Waals surface area contributed by atoms with Crippen LogP contribution >= 0.6 is 0 Å². The predicted molar refractivity (Wildman–Crippen MR) is 49.1 cm³/mol. The van der Waals surface area contributed by atoms with Crippen LogP contribution < -0.4 is 0 Å². The quantitative estimate of drug-likeness (QED) is 0.685. The monoisotopic (exact) mass is 170 g/mol. The molecular weight excluding hydrogens is 152 g/mol. The molecular formula is C9H18N2O. The van der Waals surface area contributed by atoms with E-state index < -0.39 is 0 Å². The topological polar surface area (TPSA) is 38.9 Å². The third-order valence-corrected chi connectivity index (χ3v) is 1.29. The van der Waals surface area contributed by atoms with E-state index in [9.17, 15) is 0 Å². The van der Waals surface area contributed by atoms with Crippen LogP contribution in [0.2, 0.25) is 0 Å². The highest BCUT2D eigenvalue weighted by molar-refractivity contribution is 4.89. The first kappa shape index (κ1) is 11.1. The van der Waals surface area contributed by atoms with Crippen molar-refractivity contribution in [3.63, 3.8) is 0 Å². The van der Waals surface area contributed by atoms with Gasteiger partial charge in [-0.3, -0.25) is 0 Å². The van der Waals surface area contributed by atoms with E-state index >= 15 is 0 Å². The number of aromatic nitrogens is 2. The smallest absolute Gasteiger partial charge is 0.229 e. The van der Waals surface area contributed by atoms with Crippen LogP contribution in [0.25, 0.3) is 0 Å². The maximum atomic E-state index is 4.96. The van der Waals surface area contributed by atoms with E-state index in [2.05, 4.69) is 10.1 Å². The molecule has 0 saturated carbocycles. The number of nitrogens with zero attached hydrogens (tertiary/aromatic N) is 2. The normalized spacial score (nSPS) is 9.50. The highest BCUT2D eigenvalue weighted by Gasteiger charge is 2.07. The Kier molecular flexibility index (Phi) is 5.34. The van der Waals surface area contributed by atoms with Crippen molar-refractivity contribution in [2.75, 3.05) is 0 Å². The Morgan fingerprint density at radius 1 is 1.33 bits per heavy atom. The molecule has 0 bridgehead atoms. The third kappa shape index (κ3) is 3.03. The summed E-state index contributed by atoms with van der Waals surface area (Å²) in [5.41, 5.74) is 0. The average molecular weight is 170 g/mol. The molecule has 0 N–H and O–H groups in total. The van der Waals surface area contributed by atoms with Crippen LogP contribution in [-0.2, 0) is 6.42 Å². The molecule has 0 atom stereocenters. The van der Waals surface area contributed by atoms with Gasteiger partial charge in [-0.1, -0.05) is 39.8 Å². The standard InChI is InChI=1S/C7H12N2O.C2H6/c1-4-6-8-7(5(2)3)10-9-6;1-2/h5H,4H2,1-3H3;1-2H3. The van der Waals surface area contributed by atoms with Gasteiger partial charge in [0.2, 0.25) is 5.89 Å². The number of aryl methyl sites for hydroxylation is 1. The van der Waals surface area contributed by atoms with Crippen molar-refractivity contribution in [3.05, 3.63) is 11.7 Å². The summed E-state index contributed by atoms with van der Waals surface area (Å²) >= 11 is 0. The summed E-state index contributed by atoms with van der Waals surface area (Å²) < 4.78 is 4.96. The van der Waals surface area contributed by atoms with E-state index in [0.717, 1.165) is 18.1 Å². The minimum absolute atomic E-state index is 0.341. The first-order valence-corrected chi connectivity index (χ1v) is 4.56. The zero-order chi connectivity index (χ0) is 9.56. The largest absolute Gasteiger partial charge is 0.339 e. The minimum atomic E-state index is 0.341. The molecule has 0 aliphatic rings. The van der Waals surface area contributed by atoms with Gasteiger partial charge in [0.1, 0.15) is 0 Å². The molecule has 0 unspecified atom stereocenters. The van der Waals surface area contributed by atoms with Gasteiger partial charge in [-0.25, -0.2) is 0 Å². The Bertz CT molecular complexity index is 206. The van der Waals surface area contributed by atoms with Crippen LogP contribution in [0.1, 0.15) is 52.3 Å². The molecule has 1 heterocycles. The summed E-state index contributed by atoms with van der Waals surface area (Å²) in [4.78, 5) is 4.15.